The van der Waals surface area contributed by atoms with Crippen molar-refractivity contribution >= 4 is 11.4 Å². The monoisotopic (exact) mass is 413 g/mol. The van der Waals surface area contributed by atoms with Crippen molar-refractivity contribution in [1.82, 2.24) is 34.7 Å². The second-order valence-electron chi connectivity index (χ2n) is 7.59. The van der Waals surface area contributed by atoms with Crippen LogP contribution in [0.5, 0.6) is 0 Å². The molecule has 4 aromatic heterocycles. The number of rotatable bonds is 3. The number of hydrogen-bond acceptors (Lipinski definition) is 6. The molecule has 0 bridgehead atoms. The number of nitrogens with one attached hydrogen (secondary N) is 1. The highest BCUT2D eigenvalue weighted by atomic mass is 19.1. The first-order valence-electron chi connectivity index (χ1n) is 9.32. The lowest BCUT2D eigenvalue weighted by Crippen LogP contribution is -2.41. The van der Waals surface area contributed by atoms with Gasteiger partial charge in [-0.05, 0) is 32.0 Å². The number of aromatic nitrogens is 6. The van der Waals surface area contributed by atoms with Gasteiger partial charge < -0.3 is 14.3 Å². The number of carbonyl (C=O) groups excluding carboxylic acids is 1. The number of halogens is 2. The van der Waals surface area contributed by atoms with Crippen molar-refractivity contribution in [2.45, 2.75) is 32.0 Å². The largest absolute Gasteiger partial charge is 0.413 e. The Morgan fingerprint density at radius 3 is 2.93 bits per heavy atom. The highest BCUT2D eigenvalue weighted by molar-refractivity contribution is 5.90. The second-order valence-corrected chi connectivity index (χ2v) is 7.59. The number of nitrogens with zero attached hydrogens (tertiary/aromatic N) is 6. The van der Waals surface area contributed by atoms with Gasteiger partial charge in [-0.25, -0.2) is 18.3 Å². The smallest absolute Gasteiger partial charge is 0.312 e. The number of hydrogen-bond donors (Lipinski definition) is 1. The lowest BCUT2D eigenvalue weighted by molar-refractivity contribution is 0.0636. The van der Waals surface area contributed by atoms with E-state index in [-0.39, 0.29) is 11.8 Å². The Kier molecular flexibility index (Phi) is 3.95. The van der Waals surface area contributed by atoms with Crippen LogP contribution in [-0.4, -0.2) is 47.1 Å². The first-order chi connectivity index (χ1) is 14.3. The normalized spacial score (nSPS) is 16.8. The van der Waals surface area contributed by atoms with Crippen molar-refractivity contribution in [3.05, 3.63) is 65.4 Å². The molecule has 0 aromatic carbocycles. The lowest BCUT2D eigenvalue weighted by Gasteiger charge is -2.32. The van der Waals surface area contributed by atoms with Crippen LogP contribution in [0.15, 0.2) is 35.1 Å². The van der Waals surface area contributed by atoms with Crippen molar-refractivity contribution in [3.63, 3.8) is 0 Å². The van der Waals surface area contributed by atoms with Gasteiger partial charge in [-0.3, -0.25) is 4.79 Å². The Labute approximate surface area is 168 Å². The quantitative estimate of drug-likeness (QED) is 0.554. The van der Waals surface area contributed by atoms with Crippen LogP contribution in [0.1, 0.15) is 53.5 Å². The molecule has 1 N–H and O–H groups in total. The van der Waals surface area contributed by atoms with Gasteiger partial charge in [0.15, 0.2) is 5.67 Å². The van der Waals surface area contributed by atoms with Crippen molar-refractivity contribution in [2.24, 2.45) is 0 Å². The van der Waals surface area contributed by atoms with E-state index in [2.05, 4.69) is 25.3 Å². The predicted octanol–water partition coefficient (Wildman–Crippen LogP) is 2.57. The molecule has 1 amide bonds. The summed E-state index contributed by atoms with van der Waals surface area (Å²) in [6.45, 7) is 2.87. The molecule has 1 aliphatic rings. The lowest BCUT2D eigenvalue weighted by atomic mass is 9.99. The molecule has 0 fully saturated rings. The standard InChI is InChI=1S/C19H17F2N7O2/c1-19(2,21)18-25-24-16(30-18)17(29)27-6-5-12-14(23-9-22-12)15(27)13-7-11-4-3-10(20)8-28(11)26-13/h3-4,7-9,15H,5-6H2,1-2H3,(H,22,23). The summed E-state index contributed by atoms with van der Waals surface area (Å²) in [6, 6.07) is 4.05. The van der Waals surface area contributed by atoms with Gasteiger partial charge in [-0.1, -0.05) is 0 Å². The Morgan fingerprint density at radius 1 is 1.33 bits per heavy atom. The van der Waals surface area contributed by atoms with Crippen LogP contribution in [0.25, 0.3) is 5.52 Å². The van der Waals surface area contributed by atoms with E-state index in [0.29, 0.717) is 29.9 Å². The van der Waals surface area contributed by atoms with Gasteiger partial charge in [0.05, 0.1) is 29.4 Å². The molecule has 1 unspecified atom stereocenters. The fourth-order valence-corrected chi connectivity index (χ4v) is 3.58. The summed E-state index contributed by atoms with van der Waals surface area (Å²) in [6.07, 6.45) is 3.35. The van der Waals surface area contributed by atoms with E-state index in [4.69, 9.17) is 4.42 Å². The summed E-state index contributed by atoms with van der Waals surface area (Å²) in [5.74, 6) is -1.57. The third-order valence-corrected chi connectivity index (χ3v) is 5.02. The van der Waals surface area contributed by atoms with Crippen LogP contribution in [0.3, 0.4) is 0 Å². The molecule has 30 heavy (non-hydrogen) atoms. The molecule has 5 rings (SSSR count). The maximum atomic E-state index is 14.1. The molecule has 5 heterocycles. The SMILES string of the molecule is CC(C)(F)c1nnc(C(=O)N2CCc3[nH]cnc3C2c2cc3ccc(F)cn3n2)o1. The first kappa shape index (κ1) is 18.4. The number of imidazole rings is 1. The van der Waals surface area contributed by atoms with Gasteiger partial charge in [0.25, 0.3) is 5.89 Å². The van der Waals surface area contributed by atoms with Crippen LogP contribution in [0.4, 0.5) is 8.78 Å². The Balaban J connectivity index is 1.58. The van der Waals surface area contributed by atoms with E-state index in [1.165, 1.54) is 35.5 Å². The molecule has 9 nitrogen and oxygen atoms in total. The average molecular weight is 413 g/mol. The molecular formula is C19H17F2N7O2. The Bertz CT molecular complexity index is 1250. The Morgan fingerprint density at radius 2 is 2.17 bits per heavy atom. The van der Waals surface area contributed by atoms with E-state index >= 15 is 0 Å². The maximum Gasteiger partial charge on any atom is 0.312 e. The predicted molar refractivity (Wildman–Crippen MR) is 98.8 cm³/mol. The molecule has 11 heteroatoms. The number of alkyl halides is 1. The topological polar surface area (TPSA) is 105 Å². The van der Waals surface area contributed by atoms with E-state index in [0.717, 1.165) is 5.69 Å². The zero-order valence-electron chi connectivity index (χ0n) is 16.1. The number of aromatic amines is 1. The van der Waals surface area contributed by atoms with E-state index in [1.807, 2.05) is 0 Å². The fraction of sp³-hybridized carbons (Fsp3) is 0.316. The Hall–Kier alpha value is -3.63. The number of H-pyrrole nitrogens is 1. The summed E-state index contributed by atoms with van der Waals surface area (Å²) < 4.78 is 34.4. The number of pyridine rings is 1. The van der Waals surface area contributed by atoms with Crippen LogP contribution in [0.2, 0.25) is 0 Å². The summed E-state index contributed by atoms with van der Waals surface area (Å²) in [4.78, 5) is 22.2. The minimum atomic E-state index is -1.87. The summed E-state index contributed by atoms with van der Waals surface area (Å²) in [5, 5.41) is 11.8. The van der Waals surface area contributed by atoms with Gasteiger partial charge in [-0.2, -0.15) is 5.10 Å². The van der Waals surface area contributed by atoms with Gasteiger partial charge in [0.1, 0.15) is 11.9 Å². The first-order valence-corrected chi connectivity index (χ1v) is 9.32. The highest BCUT2D eigenvalue weighted by Gasteiger charge is 2.39. The second kappa shape index (κ2) is 6.44. The van der Waals surface area contributed by atoms with Crippen molar-refractivity contribution in [2.75, 3.05) is 6.54 Å². The minimum Gasteiger partial charge on any atom is -0.413 e. The van der Waals surface area contributed by atoms with Gasteiger partial charge >= 0.3 is 11.8 Å². The molecule has 1 aliphatic heterocycles. The molecule has 0 spiro atoms. The summed E-state index contributed by atoms with van der Waals surface area (Å²) in [5.41, 5.74) is 0.814. The van der Waals surface area contributed by atoms with Gasteiger partial charge in [-0.15, -0.1) is 10.2 Å². The summed E-state index contributed by atoms with van der Waals surface area (Å²) in [7, 11) is 0. The van der Waals surface area contributed by atoms with E-state index < -0.39 is 23.4 Å². The van der Waals surface area contributed by atoms with Crippen LogP contribution in [-0.2, 0) is 12.1 Å². The zero-order chi connectivity index (χ0) is 21.0. The van der Waals surface area contributed by atoms with Crippen LogP contribution >= 0.6 is 0 Å². The molecule has 0 saturated carbocycles. The third-order valence-electron chi connectivity index (χ3n) is 5.02. The average Bonchev–Trinajstić information content (AvgIpc) is 3.43. The van der Waals surface area contributed by atoms with E-state index in [1.54, 1.807) is 18.5 Å². The van der Waals surface area contributed by atoms with Crippen molar-refractivity contribution in [1.29, 1.82) is 0 Å². The molecule has 0 saturated heterocycles. The van der Waals surface area contributed by atoms with Gasteiger partial charge in [0, 0.05) is 18.7 Å². The minimum absolute atomic E-state index is 0.275. The molecular weight excluding hydrogens is 396 g/mol. The van der Waals surface area contributed by atoms with Crippen LogP contribution < -0.4 is 0 Å². The number of fused-ring (bicyclic) bond motifs is 2. The summed E-state index contributed by atoms with van der Waals surface area (Å²) >= 11 is 0. The molecule has 1 atom stereocenters. The number of amides is 1. The number of carbonyl (C=O) groups is 1. The molecule has 0 radical (unpaired) electrons. The van der Waals surface area contributed by atoms with Crippen molar-refractivity contribution in [3.8, 4) is 0 Å². The molecule has 0 aliphatic carbocycles. The van der Waals surface area contributed by atoms with Crippen molar-refractivity contribution < 1.29 is 18.0 Å². The van der Waals surface area contributed by atoms with Gasteiger partial charge in [0.2, 0.25) is 0 Å². The van der Waals surface area contributed by atoms with E-state index in [9.17, 15) is 13.6 Å². The van der Waals surface area contributed by atoms with Crippen LogP contribution in [0, 0.1) is 5.82 Å². The highest BCUT2D eigenvalue weighted by Crippen LogP contribution is 2.34. The maximum absolute atomic E-state index is 14.1. The molecule has 154 valence electrons. The third kappa shape index (κ3) is 2.93. The fourth-order valence-electron chi connectivity index (χ4n) is 3.58. The zero-order valence-corrected chi connectivity index (χ0v) is 16.1. The molecule has 4 aromatic rings.